The molecule has 3 aliphatic heterocycles. The molecule has 0 aliphatic carbocycles. The molecule has 4 unspecified atom stereocenters. The first-order valence-electron chi connectivity index (χ1n) is 16.2. The standard InChI is InChI=1S/C33H54N2O6/c1-5-6-7-8-9-10-11-12-13-16-23-37-25-33-30(40-32(3,4)41-33)29(28(39-33)24-35-21-14-15-22-35)38-31(36)34-27-19-17-26(2)18-20-27/h17-20,28-30H,5-16,21-25H2,1-4H3,(H,34,36). The van der Waals surface area contributed by atoms with Crippen LogP contribution in [-0.2, 0) is 23.7 Å². The van der Waals surface area contributed by atoms with Gasteiger partial charge in [-0.1, -0.05) is 82.4 Å². The fourth-order valence-corrected chi connectivity index (χ4v) is 6.28. The Morgan fingerprint density at radius 1 is 0.951 bits per heavy atom. The summed E-state index contributed by atoms with van der Waals surface area (Å²) in [5, 5.41) is 2.86. The van der Waals surface area contributed by atoms with Gasteiger partial charge in [0.15, 0.2) is 18.0 Å². The molecule has 0 aromatic heterocycles. The highest BCUT2D eigenvalue weighted by molar-refractivity contribution is 5.84. The van der Waals surface area contributed by atoms with Crippen molar-refractivity contribution in [3.63, 3.8) is 0 Å². The highest BCUT2D eigenvalue weighted by Crippen LogP contribution is 2.47. The normalized spacial score (nSPS) is 27.3. The van der Waals surface area contributed by atoms with Gasteiger partial charge in [0.1, 0.15) is 12.7 Å². The van der Waals surface area contributed by atoms with E-state index in [1.807, 2.05) is 45.0 Å². The van der Waals surface area contributed by atoms with Crippen LogP contribution in [0.3, 0.4) is 0 Å². The predicted molar refractivity (Wildman–Crippen MR) is 161 cm³/mol. The Hall–Kier alpha value is -1.71. The number of carbonyl (C=O) groups is 1. The lowest BCUT2D eigenvalue weighted by atomic mass is 10.0. The Bertz CT molecular complexity index is 919. The molecule has 0 saturated carbocycles. The second-order valence-corrected chi connectivity index (χ2v) is 12.6. The number of hydrogen-bond donors (Lipinski definition) is 1. The van der Waals surface area contributed by atoms with Crippen molar-refractivity contribution in [2.75, 3.05) is 38.2 Å². The number of ether oxygens (including phenoxy) is 5. The summed E-state index contributed by atoms with van der Waals surface area (Å²) >= 11 is 0. The van der Waals surface area contributed by atoms with Gasteiger partial charge in [0.05, 0.1) is 0 Å². The molecule has 4 rings (SSSR count). The van der Waals surface area contributed by atoms with Crippen molar-refractivity contribution in [2.45, 2.75) is 135 Å². The van der Waals surface area contributed by atoms with Crippen molar-refractivity contribution in [2.24, 2.45) is 0 Å². The van der Waals surface area contributed by atoms with Gasteiger partial charge < -0.3 is 28.6 Å². The molecule has 3 aliphatic rings. The first kappa shape index (κ1) is 32.2. The van der Waals surface area contributed by atoms with Crippen molar-refractivity contribution in [1.82, 2.24) is 4.90 Å². The lowest BCUT2D eigenvalue weighted by Gasteiger charge is -2.30. The highest BCUT2D eigenvalue weighted by Gasteiger charge is 2.66. The lowest BCUT2D eigenvalue weighted by molar-refractivity contribution is -0.278. The van der Waals surface area contributed by atoms with E-state index in [4.69, 9.17) is 23.7 Å². The number of nitrogens with one attached hydrogen (secondary N) is 1. The summed E-state index contributed by atoms with van der Waals surface area (Å²) in [4.78, 5) is 15.4. The third-order valence-corrected chi connectivity index (χ3v) is 8.40. The van der Waals surface area contributed by atoms with E-state index in [1.165, 1.54) is 64.2 Å². The molecule has 8 nitrogen and oxygen atoms in total. The largest absolute Gasteiger partial charge is 0.440 e. The zero-order chi connectivity index (χ0) is 29.1. The molecule has 1 aromatic carbocycles. The summed E-state index contributed by atoms with van der Waals surface area (Å²) in [6, 6.07) is 7.65. The van der Waals surface area contributed by atoms with Crippen LogP contribution in [-0.4, -0.2) is 73.7 Å². The van der Waals surface area contributed by atoms with Gasteiger partial charge in [-0.3, -0.25) is 5.32 Å². The summed E-state index contributed by atoms with van der Waals surface area (Å²) in [5.74, 6) is -1.99. The smallest absolute Gasteiger partial charge is 0.412 e. The topological polar surface area (TPSA) is 78.5 Å². The minimum atomic E-state index is -1.11. The van der Waals surface area contributed by atoms with Crippen LogP contribution in [0.15, 0.2) is 24.3 Å². The highest BCUT2D eigenvalue weighted by atomic mass is 16.9. The van der Waals surface area contributed by atoms with Crippen molar-refractivity contribution in [3.05, 3.63) is 29.8 Å². The molecule has 1 N–H and O–H groups in total. The zero-order valence-corrected chi connectivity index (χ0v) is 26.0. The van der Waals surface area contributed by atoms with E-state index in [1.54, 1.807) is 0 Å². The molecule has 4 atom stereocenters. The van der Waals surface area contributed by atoms with E-state index in [0.717, 1.165) is 31.5 Å². The molecule has 1 aromatic rings. The number of anilines is 1. The van der Waals surface area contributed by atoms with Crippen LogP contribution in [0.2, 0.25) is 0 Å². The van der Waals surface area contributed by atoms with E-state index in [2.05, 4.69) is 17.1 Å². The SMILES string of the molecule is CCCCCCCCCCCCOCC12OC(CN3CCCC3)C(OC(=O)Nc3ccc(C)cc3)C1OC(C)(C)O2. The fraction of sp³-hybridized carbons (Fsp3) is 0.788. The number of aryl methyl sites for hydroxylation is 1. The maximum absolute atomic E-state index is 13.0. The first-order chi connectivity index (χ1) is 19.8. The Labute approximate surface area is 247 Å². The molecule has 232 valence electrons. The summed E-state index contributed by atoms with van der Waals surface area (Å²) in [6.45, 7) is 11.6. The Morgan fingerprint density at radius 3 is 2.24 bits per heavy atom. The molecule has 3 heterocycles. The number of unbranched alkanes of at least 4 members (excludes halogenated alkanes) is 9. The molecule has 3 saturated heterocycles. The van der Waals surface area contributed by atoms with Crippen LogP contribution < -0.4 is 5.32 Å². The minimum absolute atomic E-state index is 0.245. The average Bonchev–Trinajstić information content (AvgIpc) is 3.60. The summed E-state index contributed by atoms with van der Waals surface area (Å²) in [6.07, 6.45) is 13.1. The van der Waals surface area contributed by atoms with E-state index >= 15 is 0 Å². The van der Waals surface area contributed by atoms with Crippen LogP contribution in [0.5, 0.6) is 0 Å². The van der Waals surface area contributed by atoms with Crippen LogP contribution in [0.1, 0.15) is 103 Å². The number of rotatable bonds is 17. The van der Waals surface area contributed by atoms with Crippen LogP contribution in [0.4, 0.5) is 10.5 Å². The summed E-state index contributed by atoms with van der Waals surface area (Å²) in [7, 11) is 0. The Morgan fingerprint density at radius 2 is 1.59 bits per heavy atom. The molecule has 1 amide bonds. The van der Waals surface area contributed by atoms with Crippen LogP contribution in [0, 0.1) is 6.92 Å². The number of nitrogens with zero attached hydrogens (tertiary/aromatic N) is 1. The van der Waals surface area contributed by atoms with E-state index in [0.29, 0.717) is 18.8 Å². The fourth-order valence-electron chi connectivity index (χ4n) is 6.28. The van der Waals surface area contributed by atoms with Gasteiger partial charge in [-0.25, -0.2) is 4.79 Å². The number of likely N-dealkylation sites (tertiary alicyclic amines) is 1. The van der Waals surface area contributed by atoms with E-state index in [9.17, 15) is 4.79 Å². The predicted octanol–water partition coefficient (Wildman–Crippen LogP) is 7.19. The van der Waals surface area contributed by atoms with Gasteiger partial charge >= 0.3 is 6.09 Å². The third kappa shape index (κ3) is 9.65. The maximum Gasteiger partial charge on any atom is 0.412 e. The minimum Gasteiger partial charge on any atom is -0.440 e. The van der Waals surface area contributed by atoms with Gasteiger partial charge in [-0.2, -0.15) is 0 Å². The van der Waals surface area contributed by atoms with Crippen LogP contribution in [0.25, 0.3) is 0 Å². The molecular formula is C33H54N2O6. The summed E-state index contributed by atoms with van der Waals surface area (Å²) < 4.78 is 31.6. The maximum atomic E-state index is 13.0. The molecular weight excluding hydrogens is 520 g/mol. The number of hydrogen-bond acceptors (Lipinski definition) is 7. The molecule has 41 heavy (non-hydrogen) atoms. The van der Waals surface area contributed by atoms with Crippen molar-refractivity contribution in [3.8, 4) is 0 Å². The average molecular weight is 575 g/mol. The third-order valence-electron chi connectivity index (χ3n) is 8.40. The quantitative estimate of drug-likeness (QED) is 0.197. The van der Waals surface area contributed by atoms with Gasteiger partial charge in [0.25, 0.3) is 0 Å². The van der Waals surface area contributed by atoms with Gasteiger partial charge in [-0.15, -0.1) is 0 Å². The van der Waals surface area contributed by atoms with Crippen molar-refractivity contribution < 1.29 is 28.5 Å². The molecule has 0 radical (unpaired) electrons. The molecule has 0 bridgehead atoms. The molecule has 3 fully saturated rings. The van der Waals surface area contributed by atoms with Crippen molar-refractivity contribution in [1.29, 1.82) is 0 Å². The number of amides is 1. The van der Waals surface area contributed by atoms with E-state index < -0.39 is 29.9 Å². The van der Waals surface area contributed by atoms with Gasteiger partial charge in [0, 0.05) is 18.8 Å². The number of carbonyl (C=O) groups excluding carboxylic acids is 1. The second kappa shape index (κ2) is 15.7. The monoisotopic (exact) mass is 574 g/mol. The van der Waals surface area contributed by atoms with Gasteiger partial charge in [0.2, 0.25) is 5.79 Å². The number of fused-ring (bicyclic) bond motifs is 1. The molecule has 0 spiro atoms. The summed E-state index contributed by atoms with van der Waals surface area (Å²) in [5.41, 5.74) is 1.81. The lowest BCUT2D eigenvalue weighted by Crippen LogP contribution is -2.46. The van der Waals surface area contributed by atoms with Crippen LogP contribution >= 0.6 is 0 Å². The Balaban J connectivity index is 1.30. The van der Waals surface area contributed by atoms with E-state index in [-0.39, 0.29) is 12.7 Å². The number of benzene rings is 1. The van der Waals surface area contributed by atoms with Gasteiger partial charge in [-0.05, 0) is 65.3 Å². The molecule has 8 heteroatoms. The van der Waals surface area contributed by atoms with Crippen molar-refractivity contribution >= 4 is 11.8 Å². The second-order valence-electron chi connectivity index (χ2n) is 12.6. The zero-order valence-electron chi connectivity index (χ0n) is 26.0. The Kier molecular flexibility index (Phi) is 12.3. The first-order valence-corrected chi connectivity index (χ1v) is 16.2.